The van der Waals surface area contributed by atoms with Crippen molar-refractivity contribution in [1.82, 2.24) is 10.2 Å². The highest BCUT2D eigenvalue weighted by atomic mass is 16.5. The maximum absolute atomic E-state index is 11.7. The lowest BCUT2D eigenvalue weighted by Crippen LogP contribution is -2.39. The Labute approximate surface area is 114 Å². The number of nitrogens with one attached hydrogen (secondary N) is 1. The highest BCUT2D eigenvalue weighted by Gasteiger charge is 2.14. The summed E-state index contributed by atoms with van der Waals surface area (Å²) in [7, 11) is 0. The topological polar surface area (TPSA) is 75.7 Å². The van der Waals surface area contributed by atoms with Crippen LogP contribution in [0.3, 0.4) is 0 Å². The number of ketones is 1. The first-order valence-corrected chi connectivity index (χ1v) is 6.69. The van der Waals surface area contributed by atoms with Gasteiger partial charge in [-0.15, -0.1) is 0 Å². The first-order valence-electron chi connectivity index (χ1n) is 6.69. The Morgan fingerprint density at radius 3 is 2.26 bits per heavy atom. The molecule has 0 saturated carbocycles. The van der Waals surface area contributed by atoms with Crippen LogP contribution in [0.5, 0.6) is 0 Å². The van der Waals surface area contributed by atoms with Gasteiger partial charge in [-0.25, -0.2) is 0 Å². The molecule has 0 aromatic heterocycles. The van der Waals surface area contributed by atoms with Gasteiger partial charge in [0.2, 0.25) is 5.91 Å². The highest BCUT2D eigenvalue weighted by Crippen LogP contribution is 1.97. The Hall–Kier alpha value is -1.43. The maximum atomic E-state index is 11.7. The van der Waals surface area contributed by atoms with Gasteiger partial charge in [-0.1, -0.05) is 6.92 Å². The van der Waals surface area contributed by atoms with E-state index in [2.05, 4.69) is 5.32 Å². The molecule has 0 radical (unpaired) electrons. The second kappa shape index (κ2) is 10.5. The van der Waals surface area contributed by atoms with Crippen molar-refractivity contribution in [3.05, 3.63) is 0 Å². The lowest BCUT2D eigenvalue weighted by Gasteiger charge is -2.18. The third-order valence-corrected chi connectivity index (χ3v) is 2.50. The Morgan fingerprint density at radius 2 is 1.74 bits per heavy atom. The molecule has 0 fully saturated rings. The van der Waals surface area contributed by atoms with Gasteiger partial charge in [0.15, 0.2) is 0 Å². The van der Waals surface area contributed by atoms with Crippen LogP contribution in [0.1, 0.15) is 33.6 Å². The molecule has 110 valence electrons. The smallest absolute Gasteiger partial charge is 0.306 e. The molecule has 0 bridgehead atoms. The number of rotatable bonds is 10. The van der Waals surface area contributed by atoms with E-state index >= 15 is 0 Å². The van der Waals surface area contributed by atoms with E-state index in [1.54, 1.807) is 11.8 Å². The van der Waals surface area contributed by atoms with Crippen LogP contribution in [0.25, 0.3) is 0 Å². The standard InChI is InChI=1S/C13H24N2O4/c1-4-14-12(17)10-15(5-2)9-11(16)7-8-13(18)19-6-3/h4-10H2,1-3H3,(H,14,17). The second-order valence-electron chi connectivity index (χ2n) is 4.10. The van der Waals surface area contributed by atoms with Gasteiger partial charge in [0, 0.05) is 13.0 Å². The molecule has 0 saturated heterocycles. The van der Waals surface area contributed by atoms with Crippen LogP contribution in [0.4, 0.5) is 0 Å². The Bertz CT molecular complexity index is 305. The van der Waals surface area contributed by atoms with Gasteiger partial charge in [-0.2, -0.15) is 0 Å². The zero-order chi connectivity index (χ0) is 14.7. The fourth-order valence-corrected chi connectivity index (χ4v) is 1.54. The number of nitrogens with zero attached hydrogens (tertiary/aromatic N) is 1. The van der Waals surface area contributed by atoms with E-state index in [9.17, 15) is 14.4 Å². The third kappa shape index (κ3) is 9.18. The molecule has 6 heteroatoms. The van der Waals surface area contributed by atoms with Crippen molar-refractivity contribution in [2.75, 3.05) is 32.8 Å². The Morgan fingerprint density at radius 1 is 1.05 bits per heavy atom. The van der Waals surface area contributed by atoms with Gasteiger partial charge >= 0.3 is 5.97 Å². The van der Waals surface area contributed by atoms with Gasteiger partial charge in [-0.3, -0.25) is 19.3 Å². The minimum absolute atomic E-state index is 0.0563. The average Bonchev–Trinajstić information content (AvgIpc) is 2.36. The zero-order valence-corrected chi connectivity index (χ0v) is 12.0. The second-order valence-corrected chi connectivity index (χ2v) is 4.10. The Kier molecular flexibility index (Phi) is 9.70. The largest absolute Gasteiger partial charge is 0.466 e. The summed E-state index contributed by atoms with van der Waals surface area (Å²) in [5.74, 6) is -0.510. The molecule has 0 spiro atoms. The van der Waals surface area contributed by atoms with Crippen LogP contribution in [0, 0.1) is 0 Å². The summed E-state index contributed by atoms with van der Waals surface area (Å²) in [5.41, 5.74) is 0. The van der Waals surface area contributed by atoms with E-state index in [0.717, 1.165) is 0 Å². The molecule has 0 aliphatic carbocycles. The number of esters is 1. The predicted molar refractivity (Wildman–Crippen MR) is 71.7 cm³/mol. The normalized spacial score (nSPS) is 10.3. The summed E-state index contributed by atoms with van der Waals surface area (Å²) < 4.78 is 4.75. The number of likely N-dealkylation sites (N-methyl/N-ethyl adjacent to an activating group) is 2. The van der Waals surface area contributed by atoms with E-state index < -0.39 is 0 Å². The third-order valence-electron chi connectivity index (χ3n) is 2.50. The van der Waals surface area contributed by atoms with Crippen LogP contribution >= 0.6 is 0 Å². The number of Topliss-reactive ketones (excluding diaryl/α,β-unsaturated/α-hetero) is 1. The summed E-state index contributed by atoms with van der Waals surface area (Å²) in [6, 6.07) is 0. The van der Waals surface area contributed by atoms with Crippen molar-refractivity contribution >= 4 is 17.7 Å². The van der Waals surface area contributed by atoms with Crippen LogP contribution in [-0.2, 0) is 19.1 Å². The van der Waals surface area contributed by atoms with Crippen molar-refractivity contribution < 1.29 is 19.1 Å². The number of carbonyl (C=O) groups excluding carboxylic acids is 3. The number of ether oxygens (including phenoxy) is 1. The molecule has 0 atom stereocenters. The summed E-state index contributed by atoms with van der Waals surface area (Å²) in [5, 5.41) is 2.68. The molecule has 0 rings (SSSR count). The van der Waals surface area contributed by atoms with Crippen molar-refractivity contribution in [1.29, 1.82) is 0 Å². The molecule has 1 N–H and O–H groups in total. The number of hydrogen-bond acceptors (Lipinski definition) is 5. The van der Waals surface area contributed by atoms with Crippen molar-refractivity contribution in [3.63, 3.8) is 0 Å². The van der Waals surface area contributed by atoms with Gasteiger partial charge in [-0.05, 0) is 20.4 Å². The minimum atomic E-state index is -0.359. The van der Waals surface area contributed by atoms with E-state index in [0.29, 0.717) is 19.7 Å². The Balaban J connectivity index is 3.99. The van der Waals surface area contributed by atoms with Crippen LogP contribution < -0.4 is 5.32 Å². The zero-order valence-electron chi connectivity index (χ0n) is 12.0. The van der Waals surface area contributed by atoms with Crippen molar-refractivity contribution in [2.24, 2.45) is 0 Å². The molecule has 0 heterocycles. The first-order chi connectivity index (χ1) is 9.03. The fraction of sp³-hybridized carbons (Fsp3) is 0.769. The molecule has 19 heavy (non-hydrogen) atoms. The van der Waals surface area contributed by atoms with Crippen molar-refractivity contribution in [2.45, 2.75) is 33.6 Å². The van der Waals surface area contributed by atoms with Gasteiger partial charge < -0.3 is 10.1 Å². The van der Waals surface area contributed by atoms with Crippen molar-refractivity contribution in [3.8, 4) is 0 Å². The van der Waals surface area contributed by atoms with E-state index in [1.165, 1.54) is 0 Å². The van der Waals surface area contributed by atoms with Crippen LogP contribution in [-0.4, -0.2) is 55.3 Å². The number of amides is 1. The van der Waals surface area contributed by atoms with E-state index in [1.807, 2.05) is 13.8 Å². The van der Waals surface area contributed by atoms with Crippen LogP contribution in [0.2, 0.25) is 0 Å². The van der Waals surface area contributed by atoms with Gasteiger partial charge in [0.1, 0.15) is 5.78 Å². The molecular formula is C13H24N2O4. The molecule has 0 aliphatic rings. The SMILES string of the molecule is CCNC(=O)CN(CC)CC(=O)CCC(=O)OCC. The molecule has 0 aromatic carbocycles. The molecule has 1 amide bonds. The average molecular weight is 272 g/mol. The predicted octanol–water partition coefficient (Wildman–Crippen LogP) is 0.357. The summed E-state index contributed by atoms with van der Waals surface area (Å²) in [4.78, 5) is 35.9. The van der Waals surface area contributed by atoms with Crippen LogP contribution in [0.15, 0.2) is 0 Å². The lowest BCUT2D eigenvalue weighted by atomic mass is 10.2. The summed E-state index contributed by atoms with van der Waals surface area (Å²) >= 11 is 0. The number of hydrogen-bond donors (Lipinski definition) is 1. The molecular weight excluding hydrogens is 248 g/mol. The van der Waals surface area contributed by atoms with Gasteiger partial charge in [0.25, 0.3) is 0 Å². The monoisotopic (exact) mass is 272 g/mol. The highest BCUT2D eigenvalue weighted by molar-refractivity contribution is 5.85. The van der Waals surface area contributed by atoms with E-state index in [4.69, 9.17) is 4.74 Å². The first kappa shape index (κ1) is 17.6. The summed E-state index contributed by atoms with van der Waals surface area (Å²) in [6.07, 6.45) is 0.260. The fourth-order valence-electron chi connectivity index (χ4n) is 1.54. The summed E-state index contributed by atoms with van der Waals surface area (Å²) in [6.45, 7) is 7.37. The van der Waals surface area contributed by atoms with Gasteiger partial charge in [0.05, 0.1) is 26.1 Å². The maximum Gasteiger partial charge on any atom is 0.306 e. The van der Waals surface area contributed by atoms with E-state index in [-0.39, 0.29) is 43.6 Å². The quantitative estimate of drug-likeness (QED) is 0.581. The minimum Gasteiger partial charge on any atom is -0.466 e. The molecule has 6 nitrogen and oxygen atoms in total. The lowest BCUT2D eigenvalue weighted by molar-refractivity contribution is -0.144. The number of carbonyl (C=O) groups is 3. The molecule has 0 unspecified atom stereocenters. The molecule has 0 aliphatic heterocycles. The molecule has 0 aromatic rings.